The number of benzene rings is 2. The number of rotatable bonds is 3. The van der Waals surface area contributed by atoms with Crippen molar-refractivity contribution in [2.75, 3.05) is 13.8 Å². The monoisotopic (exact) mass is 351 g/mol. The molecular weight excluding hydrogens is 330 g/mol. The Hall–Kier alpha value is -2.79. The molecule has 2 heterocycles. The summed E-state index contributed by atoms with van der Waals surface area (Å²) in [6.45, 7) is 5.48. The first-order chi connectivity index (χ1) is 12.6. The first-order valence-corrected chi connectivity index (χ1v) is 8.67. The van der Waals surface area contributed by atoms with E-state index in [0.29, 0.717) is 41.6 Å². The second-order valence-electron chi connectivity index (χ2n) is 6.71. The Morgan fingerprint density at radius 1 is 1.12 bits per heavy atom. The third-order valence-electron chi connectivity index (χ3n) is 4.88. The molecule has 0 bridgehead atoms. The van der Waals surface area contributed by atoms with Gasteiger partial charge in [-0.2, -0.15) is 0 Å². The molecule has 1 aliphatic heterocycles. The molecule has 0 unspecified atom stereocenters. The Kier molecular flexibility index (Phi) is 4.17. The van der Waals surface area contributed by atoms with Crippen LogP contribution in [-0.2, 0) is 6.54 Å². The summed E-state index contributed by atoms with van der Waals surface area (Å²) >= 11 is 0. The predicted molar refractivity (Wildman–Crippen MR) is 101 cm³/mol. The first kappa shape index (κ1) is 16.7. The van der Waals surface area contributed by atoms with Gasteiger partial charge in [-0.1, -0.05) is 18.2 Å². The minimum Gasteiger partial charge on any atom is -0.496 e. The maximum atomic E-state index is 13.1. The van der Waals surface area contributed by atoms with Crippen LogP contribution >= 0.6 is 0 Å². The van der Waals surface area contributed by atoms with Crippen molar-refractivity contribution >= 4 is 11.0 Å². The lowest BCUT2D eigenvalue weighted by atomic mass is 10.0. The molecule has 5 nitrogen and oxygen atoms in total. The van der Waals surface area contributed by atoms with E-state index in [0.717, 1.165) is 16.9 Å². The van der Waals surface area contributed by atoms with Gasteiger partial charge in [-0.15, -0.1) is 0 Å². The quantitative estimate of drug-likeness (QED) is 0.713. The first-order valence-electron chi connectivity index (χ1n) is 8.67. The van der Waals surface area contributed by atoms with E-state index in [1.165, 1.54) is 6.26 Å². The molecule has 26 heavy (non-hydrogen) atoms. The molecule has 0 aliphatic carbocycles. The van der Waals surface area contributed by atoms with Crippen molar-refractivity contribution < 1.29 is 13.9 Å². The summed E-state index contributed by atoms with van der Waals surface area (Å²) in [6.07, 6.45) is 1.52. The number of ether oxygens (including phenoxy) is 2. The lowest BCUT2D eigenvalue weighted by molar-refractivity contribution is 0.0689. The molecule has 0 radical (unpaired) electrons. The Morgan fingerprint density at radius 2 is 1.92 bits per heavy atom. The molecule has 0 saturated heterocycles. The van der Waals surface area contributed by atoms with Gasteiger partial charge in [-0.25, -0.2) is 0 Å². The third-order valence-corrected chi connectivity index (χ3v) is 4.88. The van der Waals surface area contributed by atoms with Crippen LogP contribution in [0.2, 0.25) is 0 Å². The Balaban J connectivity index is 1.89. The largest absolute Gasteiger partial charge is 0.496 e. The van der Waals surface area contributed by atoms with E-state index >= 15 is 0 Å². The Morgan fingerprint density at radius 3 is 2.69 bits per heavy atom. The molecule has 0 atom stereocenters. The van der Waals surface area contributed by atoms with Crippen molar-refractivity contribution in [3.63, 3.8) is 0 Å². The number of hydrogen-bond donors (Lipinski definition) is 0. The molecule has 0 saturated carbocycles. The van der Waals surface area contributed by atoms with Crippen molar-refractivity contribution in [2.24, 2.45) is 0 Å². The van der Waals surface area contributed by atoms with Gasteiger partial charge in [0.15, 0.2) is 0 Å². The zero-order chi connectivity index (χ0) is 18.3. The fourth-order valence-electron chi connectivity index (χ4n) is 3.31. The molecule has 0 N–H and O–H groups in total. The third kappa shape index (κ3) is 2.65. The topological polar surface area (TPSA) is 51.9 Å². The summed E-state index contributed by atoms with van der Waals surface area (Å²) in [5.41, 5.74) is 2.67. The molecule has 3 aromatic rings. The number of hydrogen-bond acceptors (Lipinski definition) is 5. The van der Waals surface area contributed by atoms with Crippen molar-refractivity contribution in [3.8, 4) is 22.6 Å². The summed E-state index contributed by atoms with van der Waals surface area (Å²) in [7, 11) is 1.59. The molecule has 0 fully saturated rings. The van der Waals surface area contributed by atoms with Crippen LogP contribution in [0.25, 0.3) is 22.1 Å². The van der Waals surface area contributed by atoms with E-state index in [4.69, 9.17) is 13.9 Å². The molecule has 4 rings (SSSR count). The molecular formula is C21H21NO4. The van der Waals surface area contributed by atoms with Gasteiger partial charge in [-0.05, 0) is 32.0 Å². The average molecular weight is 351 g/mol. The molecule has 0 amide bonds. The molecule has 2 aromatic carbocycles. The molecule has 134 valence electrons. The Bertz CT molecular complexity index is 1020. The van der Waals surface area contributed by atoms with E-state index in [2.05, 4.69) is 18.7 Å². The van der Waals surface area contributed by atoms with Crippen LogP contribution in [0.1, 0.15) is 19.4 Å². The van der Waals surface area contributed by atoms with E-state index in [1.807, 2.05) is 30.3 Å². The van der Waals surface area contributed by atoms with E-state index in [1.54, 1.807) is 13.2 Å². The zero-order valence-electron chi connectivity index (χ0n) is 15.1. The SMILES string of the molecule is COc1ccccc1-c1coc2c3c(ccc2c1=O)OCN(C(C)C)C3. The predicted octanol–water partition coefficient (Wildman–Crippen LogP) is 4.03. The standard InChI is InChI=1S/C21H21NO4/c1-13(2)22-10-16-19(26-12-22)9-8-15-20(23)17(11-25-21(15)16)14-6-4-5-7-18(14)24-3/h4-9,11,13H,10,12H2,1-3H3. The van der Waals surface area contributed by atoms with Crippen molar-refractivity contribution in [3.05, 3.63) is 58.4 Å². The van der Waals surface area contributed by atoms with Crippen molar-refractivity contribution in [1.29, 1.82) is 0 Å². The van der Waals surface area contributed by atoms with Gasteiger partial charge >= 0.3 is 0 Å². The van der Waals surface area contributed by atoms with Crippen LogP contribution in [0.4, 0.5) is 0 Å². The van der Waals surface area contributed by atoms with Crippen LogP contribution in [-0.4, -0.2) is 24.8 Å². The second-order valence-corrected chi connectivity index (χ2v) is 6.71. The smallest absolute Gasteiger partial charge is 0.200 e. The van der Waals surface area contributed by atoms with Crippen LogP contribution in [0, 0.1) is 0 Å². The number of para-hydroxylation sites is 1. The average Bonchev–Trinajstić information content (AvgIpc) is 2.67. The van der Waals surface area contributed by atoms with E-state index in [9.17, 15) is 4.79 Å². The van der Waals surface area contributed by atoms with Crippen LogP contribution in [0.15, 0.2) is 51.9 Å². The van der Waals surface area contributed by atoms with Gasteiger partial charge in [0, 0.05) is 18.2 Å². The van der Waals surface area contributed by atoms with Gasteiger partial charge in [0.2, 0.25) is 5.43 Å². The fraction of sp³-hybridized carbons (Fsp3) is 0.286. The maximum absolute atomic E-state index is 13.1. The number of methoxy groups -OCH3 is 1. The minimum atomic E-state index is -0.0692. The normalized spacial score (nSPS) is 14.3. The highest BCUT2D eigenvalue weighted by atomic mass is 16.5. The van der Waals surface area contributed by atoms with Gasteiger partial charge < -0.3 is 13.9 Å². The molecule has 0 spiro atoms. The highest BCUT2D eigenvalue weighted by Gasteiger charge is 2.24. The zero-order valence-corrected chi connectivity index (χ0v) is 15.1. The van der Waals surface area contributed by atoms with E-state index in [-0.39, 0.29) is 5.43 Å². The minimum absolute atomic E-state index is 0.0692. The summed E-state index contributed by atoms with van der Waals surface area (Å²) in [5.74, 6) is 1.43. The summed E-state index contributed by atoms with van der Waals surface area (Å²) in [5, 5.41) is 0.557. The lowest BCUT2D eigenvalue weighted by Crippen LogP contribution is -2.37. The lowest BCUT2D eigenvalue weighted by Gasteiger charge is -2.31. The van der Waals surface area contributed by atoms with Gasteiger partial charge in [0.1, 0.15) is 30.1 Å². The van der Waals surface area contributed by atoms with Crippen molar-refractivity contribution in [2.45, 2.75) is 26.4 Å². The van der Waals surface area contributed by atoms with Gasteiger partial charge in [-0.3, -0.25) is 9.69 Å². The Labute approximate surface area is 151 Å². The number of nitrogens with zero attached hydrogens (tertiary/aromatic N) is 1. The molecule has 1 aromatic heterocycles. The van der Waals surface area contributed by atoms with Gasteiger partial charge in [0.05, 0.1) is 23.6 Å². The second kappa shape index (κ2) is 6.50. The highest BCUT2D eigenvalue weighted by Crippen LogP contribution is 2.34. The van der Waals surface area contributed by atoms with Crippen LogP contribution in [0.3, 0.4) is 0 Å². The summed E-state index contributed by atoms with van der Waals surface area (Å²) in [4.78, 5) is 15.3. The van der Waals surface area contributed by atoms with Crippen LogP contribution in [0.5, 0.6) is 11.5 Å². The fourth-order valence-corrected chi connectivity index (χ4v) is 3.31. The van der Waals surface area contributed by atoms with E-state index < -0.39 is 0 Å². The molecule has 1 aliphatic rings. The summed E-state index contributed by atoms with van der Waals surface area (Å²) < 4.78 is 17.2. The number of fused-ring (bicyclic) bond motifs is 3. The van der Waals surface area contributed by atoms with Crippen molar-refractivity contribution in [1.82, 2.24) is 4.90 Å². The highest BCUT2D eigenvalue weighted by molar-refractivity contribution is 5.86. The summed E-state index contributed by atoms with van der Waals surface area (Å²) in [6, 6.07) is 11.4. The molecule has 5 heteroatoms. The van der Waals surface area contributed by atoms with Gasteiger partial charge in [0.25, 0.3) is 0 Å². The maximum Gasteiger partial charge on any atom is 0.200 e. The van der Waals surface area contributed by atoms with Crippen LogP contribution < -0.4 is 14.9 Å².